The number of hydrogen-bond donors (Lipinski definition) is 0. The Morgan fingerprint density at radius 1 is 1.21 bits per heavy atom. The molecule has 0 saturated heterocycles. The maximum absolute atomic E-state index is 5.97. The van der Waals surface area contributed by atoms with Crippen molar-refractivity contribution in [3.8, 4) is 0 Å². The lowest BCUT2D eigenvalue weighted by Crippen LogP contribution is -1.97. The van der Waals surface area contributed by atoms with E-state index in [0.717, 1.165) is 5.56 Å². The van der Waals surface area contributed by atoms with Crippen molar-refractivity contribution in [3.05, 3.63) is 33.8 Å². The second kappa shape index (κ2) is 5.01. The van der Waals surface area contributed by atoms with E-state index in [1.54, 1.807) is 18.2 Å². The molecule has 0 N–H and O–H groups in total. The first kappa shape index (κ1) is 11.8. The molecular formula is C10H10Cl3N. The average molecular weight is 251 g/mol. The molecule has 4 heteroatoms. The topological polar surface area (TPSA) is 12.4 Å². The van der Waals surface area contributed by atoms with Crippen LogP contribution in [-0.4, -0.2) is 11.2 Å². The van der Waals surface area contributed by atoms with E-state index in [-0.39, 0.29) is 6.04 Å². The van der Waals surface area contributed by atoms with Crippen molar-refractivity contribution in [3.63, 3.8) is 0 Å². The van der Waals surface area contributed by atoms with Gasteiger partial charge in [-0.15, -0.1) is 0 Å². The number of rotatable bonds is 2. The van der Waals surface area contributed by atoms with Crippen molar-refractivity contribution in [2.24, 2.45) is 4.99 Å². The minimum absolute atomic E-state index is 0.164. The summed E-state index contributed by atoms with van der Waals surface area (Å²) in [6.07, 6.45) is 0. The predicted molar refractivity (Wildman–Crippen MR) is 64.0 cm³/mol. The van der Waals surface area contributed by atoms with Gasteiger partial charge >= 0.3 is 0 Å². The molecule has 0 aliphatic carbocycles. The number of hydrogen-bond acceptors (Lipinski definition) is 1. The molecule has 1 rings (SSSR count). The summed E-state index contributed by atoms with van der Waals surface area (Å²) in [7, 11) is 0. The van der Waals surface area contributed by atoms with E-state index in [2.05, 4.69) is 4.99 Å². The molecular weight excluding hydrogens is 240 g/mol. The zero-order valence-electron chi connectivity index (χ0n) is 7.89. The fraction of sp³-hybridized carbons (Fsp3) is 0.300. The highest BCUT2D eigenvalue weighted by molar-refractivity contribution is 6.69. The van der Waals surface area contributed by atoms with Gasteiger partial charge in [-0.05, 0) is 26.0 Å². The molecule has 0 amide bonds. The number of benzene rings is 1. The SMILES string of the molecule is CC(C)/N=C(\Cl)c1ccc(Cl)c(Cl)c1. The summed E-state index contributed by atoms with van der Waals surface area (Å²) in [5.74, 6) is 0. The van der Waals surface area contributed by atoms with Crippen molar-refractivity contribution in [1.29, 1.82) is 0 Å². The van der Waals surface area contributed by atoms with Gasteiger partial charge in [-0.2, -0.15) is 0 Å². The van der Waals surface area contributed by atoms with Gasteiger partial charge in [0.25, 0.3) is 0 Å². The molecule has 0 aliphatic rings. The molecule has 0 unspecified atom stereocenters. The summed E-state index contributed by atoms with van der Waals surface area (Å²) in [6, 6.07) is 5.37. The van der Waals surface area contributed by atoms with Crippen molar-refractivity contribution in [2.75, 3.05) is 0 Å². The van der Waals surface area contributed by atoms with Crippen LogP contribution < -0.4 is 0 Å². The van der Waals surface area contributed by atoms with Crippen molar-refractivity contribution < 1.29 is 0 Å². The van der Waals surface area contributed by atoms with Gasteiger partial charge in [0.1, 0.15) is 5.17 Å². The maximum atomic E-state index is 5.97. The molecule has 0 spiro atoms. The maximum Gasteiger partial charge on any atom is 0.131 e. The lowest BCUT2D eigenvalue weighted by atomic mass is 10.2. The van der Waals surface area contributed by atoms with Gasteiger partial charge in [0, 0.05) is 11.6 Å². The highest BCUT2D eigenvalue weighted by atomic mass is 35.5. The van der Waals surface area contributed by atoms with Crippen LogP contribution in [-0.2, 0) is 0 Å². The van der Waals surface area contributed by atoms with E-state index < -0.39 is 0 Å². The van der Waals surface area contributed by atoms with Crippen LogP contribution in [0.25, 0.3) is 0 Å². The molecule has 1 nitrogen and oxygen atoms in total. The average Bonchev–Trinajstić information content (AvgIpc) is 2.08. The van der Waals surface area contributed by atoms with Gasteiger partial charge in [0.2, 0.25) is 0 Å². The van der Waals surface area contributed by atoms with E-state index in [1.807, 2.05) is 13.8 Å². The van der Waals surface area contributed by atoms with E-state index in [4.69, 9.17) is 34.8 Å². The van der Waals surface area contributed by atoms with Crippen molar-refractivity contribution in [1.82, 2.24) is 0 Å². The fourth-order valence-corrected chi connectivity index (χ4v) is 1.54. The Bertz CT molecular complexity index is 358. The van der Waals surface area contributed by atoms with E-state index in [1.165, 1.54) is 0 Å². The van der Waals surface area contributed by atoms with E-state index in [9.17, 15) is 0 Å². The molecule has 0 aromatic heterocycles. The lowest BCUT2D eigenvalue weighted by Gasteiger charge is -2.02. The molecule has 0 heterocycles. The first-order chi connectivity index (χ1) is 6.50. The van der Waals surface area contributed by atoms with Crippen LogP contribution >= 0.6 is 34.8 Å². The third kappa shape index (κ3) is 3.16. The normalized spacial score (nSPS) is 12.3. The number of aliphatic imine (C=N–C) groups is 1. The van der Waals surface area contributed by atoms with Crippen molar-refractivity contribution >= 4 is 40.0 Å². The van der Waals surface area contributed by atoms with Gasteiger partial charge in [-0.1, -0.05) is 40.9 Å². The Hall–Kier alpha value is -0.240. The van der Waals surface area contributed by atoms with Gasteiger partial charge < -0.3 is 0 Å². The predicted octanol–water partition coefficient (Wildman–Crippen LogP) is 4.39. The van der Waals surface area contributed by atoms with Crippen LogP contribution in [0.2, 0.25) is 10.0 Å². The van der Waals surface area contributed by atoms with Gasteiger partial charge in [-0.3, -0.25) is 4.99 Å². The highest BCUT2D eigenvalue weighted by Crippen LogP contribution is 2.23. The summed E-state index contributed by atoms with van der Waals surface area (Å²) >= 11 is 17.6. The molecule has 1 aromatic carbocycles. The first-order valence-electron chi connectivity index (χ1n) is 4.19. The van der Waals surface area contributed by atoms with E-state index in [0.29, 0.717) is 15.2 Å². The largest absolute Gasteiger partial charge is 0.270 e. The Morgan fingerprint density at radius 2 is 1.86 bits per heavy atom. The molecule has 14 heavy (non-hydrogen) atoms. The van der Waals surface area contributed by atoms with Crippen LogP contribution in [0.3, 0.4) is 0 Å². The Morgan fingerprint density at radius 3 is 2.36 bits per heavy atom. The summed E-state index contributed by atoms with van der Waals surface area (Å²) in [4.78, 5) is 4.20. The van der Waals surface area contributed by atoms with Gasteiger partial charge in [-0.25, -0.2) is 0 Å². The molecule has 0 bridgehead atoms. The quantitative estimate of drug-likeness (QED) is 0.691. The second-order valence-electron chi connectivity index (χ2n) is 3.14. The van der Waals surface area contributed by atoms with Gasteiger partial charge in [0.05, 0.1) is 10.0 Å². The minimum Gasteiger partial charge on any atom is -0.270 e. The highest BCUT2D eigenvalue weighted by Gasteiger charge is 2.04. The Kier molecular flexibility index (Phi) is 4.24. The number of halogens is 3. The second-order valence-corrected chi connectivity index (χ2v) is 4.31. The van der Waals surface area contributed by atoms with Crippen LogP contribution in [0, 0.1) is 0 Å². The van der Waals surface area contributed by atoms with Crippen molar-refractivity contribution in [2.45, 2.75) is 19.9 Å². The van der Waals surface area contributed by atoms with Crippen LogP contribution in [0.15, 0.2) is 23.2 Å². The summed E-state index contributed by atoms with van der Waals surface area (Å²) in [6.45, 7) is 3.92. The zero-order valence-corrected chi connectivity index (χ0v) is 10.2. The Balaban J connectivity index is 3.03. The van der Waals surface area contributed by atoms with Crippen LogP contribution in [0.5, 0.6) is 0 Å². The van der Waals surface area contributed by atoms with Gasteiger partial charge in [0.15, 0.2) is 0 Å². The lowest BCUT2D eigenvalue weighted by molar-refractivity contribution is 0.839. The summed E-state index contributed by atoms with van der Waals surface area (Å²) in [5.41, 5.74) is 0.787. The van der Waals surface area contributed by atoms with E-state index >= 15 is 0 Å². The molecule has 0 radical (unpaired) electrons. The third-order valence-corrected chi connectivity index (χ3v) is 2.58. The third-order valence-electron chi connectivity index (χ3n) is 1.53. The van der Waals surface area contributed by atoms with Crippen LogP contribution in [0.4, 0.5) is 0 Å². The minimum atomic E-state index is 0.164. The smallest absolute Gasteiger partial charge is 0.131 e. The molecule has 0 aliphatic heterocycles. The molecule has 0 fully saturated rings. The van der Waals surface area contributed by atoms with Crippen LogP contribution in [0.1, 0.15) is 19.4 Å². The fourth-order valence-electron chi connectivity index (χ4n) is 0.926. The molecule has 0 saturated carbocycles. The standard InChI is InChI=1S/C10H10Cl3N/c1-6(2)14-10(13)7-3-4-8(11)9(12)5-7/h3-6H,1-2H3/b14-10-. The molecule has 1 aromatic rings. The summed E-state index contributed by atoms with van der Waals surface area (Å²) in [5, 5.41) is 1.46. The number of nitrogens with zero attached hydrogens (tertiary/aromatic N) is 1. The monoisotopic (exact) mass is 249 g/mol. The first-order valence-corrected chi connectivity index (χ1v) is 5.33. The summed E-state index contributed by atoms with van der Waals surface area (Å²) < 4.78 is 0. The zero-order chi connectivity index (χ0) is 10.7. The Labute approximate surface area is 98.7 Å². The molecule has 0 atom stereocenters. The molecule has 76 valence electrons.